The van der Waals surface area contributed by atoms with Crippen molar-refractivity contribution >= 4 is 15.9 Å². The lowest BCUT2D eigenvalue weighted by Gasteiger charge is -2.12. The van der Waals surface area contributed by atoms with Gasteiger partial charge in [-0.3, -0.25) is 0 Å². The molecule has 0 amide bonds. The van der Waals surface area contributed by atoms with Crippen LogP contribution < -0.4 is 4.74 Å². The Morgan fingerprint density at radius 2 is 1.68 bits per heavy atom. The number of hydrogen-bond acceptors (Lipinski definition) is 4. The minimum absolute atomic E-state index is 0.205. The van der Waals surface area contributed by atoms with E-state index in [1.807, 2.05) is 12.1 Å². The summed E-state index contributed by atoms with van der Waals surface area (Å²) in [4.78, 5) is 0. The van der Waals surface area contributed by atoms with Gasteiger partial charge in [0.25, 0.3) is 0 Å². The number of phenolic OH excluding ortho intramolecular Hbond substituents is 3. The predicted octanol–water partition coefficient (Wildman–Crippen LogP) is 3.46. The monoisotopic (exact) mass is 322 g/mol. The van der Waals surface area contributed by atoms with Crippen LogP contribution >= 0.6 is 15.9 Å². The molecule has 1 aliphatic heterocycles. The van der Waals surface area contributed by atoms with Crippen molar-refractivity contribution in [2.45, 2.75) is 12.8 Å². The summed E-state index contributed by atoms with van der Waals surface area (Å²) >= 11 is 3.40. The molecule has 0 fully saturated rings. The second-order valence-corrected chi connectivity index (χ2v) is 5.35. The van der Waals surface area contributed by atoms with Gasteiger partial charge in [0.1, 0.15) is 5.75 Å². The maximum Gasteiger partial charge on any atom is 0.205 e. The number of rotatable bonds is 0. The van der Waals surface area contributed by atoms with Crippen molar-refractivity contribution in [3.63, 3.8) is 0 Å². The van der Waals surface area contributed by atoms with Gasteiger partial charge in [-0.25, -0.2) is 0 Å². The van der Waals surface area contributed by atoms with Crippen LogP contribution in [0, 0.1) is 0 Å². The summed E-state index contributed by atoms with van der Waals surface area (Å²) in [6.45, 7) is 0. The predicted molar refractivity (Wildman–Crippen MR) is 73.1 cm³/mol. The van der Waals surface area contributed by atoms with Crippen LogP contribution in [-0.4, -0.2) is 15.3 Å². The highest BCUT2D eigenvalue weighted by molar-refractivity contribution is 9.10. The largest absolute Gasteiger partial charge is 0.504 e. The van der Waals surface area contributed by atoms with Crippen LogP contribution in [0.4, 0.5) is 0 Å². The van der Waals surface area contributed by atoms with Crippen LogP contribution in [0.3, 0.4) is 0 Å². The maximum absolute atomic E-state index is 9.89. The zero-order chi connectivity index (χ0) is 13.6. The molecule has 0 unspecified atom stereocenters. The molecule has 0 saturated carbocycles. The Morgan fingerprint density at radius 3 is 2.47 bits per heavy atom. The summed E-state index contributed by atoms with van der Waals surface area (Å²) in [5, 5.41) is 29.0. The highest BCUT2D eigenvalue weighted by Crippen LogP contribution is 2.48. The standard InChI is InChI=1S/C14H11BrO4/c15-9-3-4-11-7(5-9)1-2-8-6-10(16)12(17)13(18)14(8)19-11/h3-6,16-18H,1-2H2. The molecule has 0 saturated heterocycles. The van der Waals surface area contributed by atoms with Crippen LogP contribution in [-0.2, 0) is 12.8 Å². The van der Waals surface area contributed by atoms with Gasteiger partial charge in [-0.05, 0) is 42.7 Å². The van der Waals surface area contributed by atoms with Crippen molar-refractivity contribution in [1.82, 2.24) is 0 Å². The smallest absolute Gasteiger partial charge is 0.205 e. The first-order chi connectivity index (χ1) is 9.06. The quantitative estimate of drug-likeness (QED) is 0.650. The molecular weight excluding hydrogens is 312 g/mol. The molecule has 0 bridgehead atoms. The van der Waals surface area contributed by atoms with E-state index in [2.05, 4.69) is 15.9 Å². The van der Waals surface area contributed by atoms with Crippen LogP contribution in [0.5, 0.6) is 28.7 Å². The van der Waals surface area contributed by atoms with Gasteiger partial charge < -0.3 is 20.1 Å². The van der Waals surface area contributed by atoms with Gasteiger partial charge >= 0.3 is 0 Å². The molecule has 19 heavy (non-hydrogen) atoms. The highest BCUT2D eigenvalue weighted by Gasteiger charge is 2.22. The molecule has 1 heterocycles. The number of aryl methyl sites for hydroxylation is 2. The third-order valence-electron chi connectivity index (χ3n) is 3.18. The Kier molecular flexibility index (Phi) is 2.78. The van der Waals surface area contributed by atoms with Crippen molar-refractivity contribution in [2.75, 3.05) is 0 Å². The molecule has 0 aromatic heterocycles. The number of phenols is 3. The first-order valence-corrected chi connectivity index (χ1v) is 6.58. The van der Waals surface area contributed by atoms with Crippen molar-refractivity contribution in [1.29, 1.82) is 0 Å². The zero-order valence-corrected chi connectivity index (χ0v) is 11.4. The first-order valence-electron chi connectivity index (χ1n) is 5.79. The zero-order valence-electron chi connectivity index (χ0n) is 9.85. The van der Waals surface area contributed by atoms with Crippen LogP contribution in [0.1, 0.15) is 11.1 Å². The summed E-state index contributed by atoms with van der Waals surface area (Å²) in [5.41, 5.74) is 1.67. The molecule has 3 N–H and O–H groups in total. The van der Waals surface area contributed by atoms with E-state index >= 15 is 0 Å². The van der Waals surface area contributed by atoms with Crippen LogP contribution in [0.2, 0.25) is 0 Å². The Labute approximate surface area is 118 Å². The Morgan fingerprint density at radius 1 is 0.947 bits per heavy atom. The van der Waals surface area contributed by atoms with E-state index < -0.39 is 11.5 Å². The Bertz CT molecular complexity index is 667. The van der Waals surface area contributed by atoms with E-state index in [0.29, 0.717) is 17.7 Å². The number of hydrogen-bond donors (Lipinski definition) is 3. The molecule has 0 radical (unpaired) electrons. The summed E-state index contributed by atoms with van der Waals surface area (Å²) in [6.07, 6.45) is 1.34. The SMILES string of the molecule is Oc1cc2c(c(O)c1O)Oc1ccc(Br)cc1CC2. The summed E-state index contributed by atoms with van der Waals surface area (Å²) in [7, 11) is 0. The van der Waals surface area contributed by atoms with Gasteiger partial charge in [0, 0.05) is 10.0 Å². The number of aromatic hydroxyl groups is 3. The molecule has 5 heteroatoms. The number of benzene rings is 2. The molecule has 0 aliphatic carbocycles. The molecule has 98 valence electrons. The fourth-order valence-electron chi connectivity index (χ4n) is 2.20. The van der Waals surface area contributed by atoms with E-state index in [9.17, 15) is 15.3 Å². The van der Waals surface area contributed by atoms with Crippen LogP contribution in [0.15, 0.2) is 28.7 Å². The fraction of sp³-hybridized carbons (Fsp3) is 0.143. The molecule has 0 atom stereocenters. The molecule has 2 aromatic carbocycles. The molecule has 4 nitrogen and oxygen atoms in total. The van der Waals surface area contributed by atoms with Gasteiger partial charge in [-0.1, -0.05) is 15.9 Å². The molecular formula is C14H11BrO4. The van der Waals surface area contributed by atoms with Gasteiger partial charge in [-0.15, -0.1) is 0 Å². The topological polar surface area (TPSA) is 69.9 Å². The molecule has 2 aromatic rings. The molecule has 0 spiro atoms. The Hall–Kier alpha value is -1.88. The third kappa shape index (κ3) is 2.00. The lowest BCUT2D eigenvalue weighted by atomic mass is 10.0. The van der Waals surface area contributed by atoms with Crippen molar-refractivity contribution < 1.29 is 20.1 Å². The van der Waals surface area contributed by atoms with Crippen molar-refractivity contribution in [2.24, 2.45) is 0 Å². The number of fused-ring (bicyclic) bond motifs is 2. The van der Waals surface area contributed by atoms with E-state index in [1.165, 1.54) is 6.07 Å². The normalized spacial score (nSPS) is 13.1. The molecule has 3 rings (SSSR count). The van der Waals surface area contributed by atoms with Gasteiger partial charge in [0.2, 0.25) is 11.5 Å². The summed E-state index contributed by atoms with van der Waals surface area (Å²) < 4.78 is 6.64. The number of halogens is 1. The fourth-order valence-corrected chi connectivity index (χ4v) is 2.61. The maximum atomic E-state index is 9.89. The second kappa shape index (κ2) is 4.35. The lowest BCUT2D eigenvalue weighted by molar-refractivity contribution is 0.348. The van der Waals surface area contributed by atoms with Gasteiger partial charge in [0.05, 0.1) is 0 Å². The highest BCUT2D eigenvalue weighted by atomic mass is 79.9. The minimum Gasteiger partial charge on any atom is -0.504 e. The second-order valence-electron chi connectivity index (χ2n) is 4.44. The van der Waals surface area contributed by atoms with Crippen molar-refractivity contribution in [3.05, 3.63) is 39.9 Å². The minimum atomic E-state index is -0.556. The van der Waals surface area contributed by atoms with Crippen molar-refractivity contribution in [3.8, 4) is 28.7 Å². The van der Waals surface area contributed by atoms with E-state index in [4.69, 9.17) is 4.74 Å². The first kappa shape index (κ1) is 12.2. The summed E-state index contributed by atoms with van der Waals surface area (Å²) in [5.74, 6) is -0.476. The van der Waals surface area contributed by atoms with Gasteiger partial charge in [0.15, 0.2) is 11.5 Å². The Balaban J connectivity index is 2.15. The third-order valence-corrected chi connectivity index (χ3v) is 3.68. The van der Waals surface area contributed by atoms with E-state index in [0.717, 1.165) is 16.5 Å². The average molecular weight is 323 g/mol. The number of ether oxygens (including phenoxy) is 1. The van der Waals surface area contributed by atoms with Gasteiger partial charge in [-0.2, -0.15) is 0 Å². The molecule has 1 aliphatic rings. The van der Waals surface area contributed by atoms with E-state index in [1.54, 1.807) is 6.07 Å². The average Bonchev–Trinajstić information content (AvgIpc) is 2.56. The van der Waals surface area contributed by atoms with E-state index in [-0.39, 0.29) is 11.5 Å². The lowest BCUT2D eigenvalue weighted by Crippen LogP contribution is -1.90. The van der Waals surface area contributed by atoms with Crippen LogP contribution in [0.25, 0.3) is 0 Å². The summed E-state index contributed by atoms with van der Waals surface area (Å²) in [6, 6.07) is 7.03.